The van der Waals surface area contributed by atoms with Crippen LogP contribution in [-0.4, -0.2) is 16.1 Å². The van der Waals surface area contributed by atoms with Gasteiger partial charge in [0, 0.05) is 12.1 Å². The highest BCUT2D eigenvalue weighted by Crippen LogP contribution is 2.35. The zero-order chi connectivity index (χ0) is 15.6. The average Bonchev–Trinajstić information content (AvgIpc) is 3.18. The molecule has 1 aromatic carbocycles. The van der Waals surface area contributed by atoms with Crippen molar-refractivity contribution in [2.45, 2.75) is 57.4 Å². The summed E-state index contributed by atoms with van der Waals surface area (Å²) in [5.74, 6) is 0.513. The molecular weight excluding hydrogens is 286 g/mol. The first-order valence-electron chi connectivity index (χ1n) is 8.71. The molecule has 2 aromatic rings. The lowest BCUT2D eigenvalue weighted by molar-refractivity contribution is -0.121. The van der Waals surface area contributed by atoms with Crippen LogP contribution in [0.4, 0.5) is 0 Å². The van der Waals surface area contributed by atoms with Gasteiger partial charge in [0.05, 0.1) is 12.2 Å². The van der Waals surface area contributed by atoms with E-state index in [1.165, 1.54) is 35.2 Å². The van der Waals surface area contributed by atoms with Crippen LogP contribution in [0.3, 0.4) is 0 Å². The molecule has 0 bridgehead atoms. The summed E-state index contributed by atoms with van der Waals surface area (Å²) in [7, 11) is 0. The third-order valence-electron chi connectivity index (χ3n) is 5.28. The van der Waals surface area contributed by atoms with Crippen molar-refractivity contribution in [1.82, 2.24) is 15.5 Å². The summed E-state index contributed by atoms with van der Waals surface area (Å²) in [5, 5.41) is 10.6. The minimum atomic E-state index is 0.138. The number of aromatic nitrogens is 2. The quantitative estimate of drug-likeness (QED) is 0.912. The zero-order valence-corrected chi connectivity index (χ0v) is 13.4. The lowest BCUT2D eigenvalue weighted by Crippen LogP contribution is -2.25. The number of nitrogens with one attached hydrogen (secondary N) is 2. The lowest BCUT2D eigenvalue weighted by Gasteiger charge is -2.13. The number of fused-ring (bicyclic) bond motifs is 2. The van der Waals surface area contributed by atoms with Gasteiger partial charge in [-0.05, 0) is 61.1 Å². The zero-order valence-electron chi connectivity index (χ0n) is 13.4. The fraction of sp³-hybridized carbons (Fsp3) is 0.474. The minimum Gasteiger partial charge on any atom is -0.350 e. The number of amides is 1. The molecule has 0 saturated carbocycles. The highest BCUT2D eigenvalue weighted by molar-refractivity contribution is 5.77. The molecule has 1 atom stereocenters. The van der Waals surface area contributed by atoms with E-state index in [1.807, 2.05) is 0 Å². The van der Waals surface area contributed by atoms with Gasteiger partial charge in [0.2, 0.25) is 5.91 Å². The van der Waals surface area contributed by atoms with Gasteiger partial charge in [-0.1, -0.05) is 24.3 Å². The summed E-state index contributed by atoms with van der Waals surface area (Å²) in [4.78, 5) is 12.3. The number of hydrogen-bond donors (Lipinski definition) is 2. The maximum atomic E-state index is 12.3. The highest BCUT2D eigenvalue weighted by atomic mass is 16.1. The number of rotatable bonds is 4. The number of benzene rings is 1. The summed E-state index contributed by atoms with van der Waals surface area (Å²) < 4.78 is 0. The molecule has 2 aliphatic carbocycles. The fourth-order valence-corrected chi connectivity index (χ4v) is 4.03. The second kappa shape index (κ2) is 6.19. The molecule has 0 aliphatic heterocycles. The van der Waals surface area contributed by atoms with Crippen molar-refractivity contribution in [3.05, 3.63) is 52.3 Å². The molecule has 2 aliphatic rings. The SMILES string of the molecule is O=C(CC1CCc2ccccc21)NCc1n[nH]c2c1CCCC2. The minimum absolute atomic E-state index is 0.138. The second-order valence-electron chi connectivity index (χ2n) is 6.75. The van der Waals surface area contributed by atoms with E-state index in [4.69, 9.17) is 0 Å². The third-order valence-corrected chi connectivity index (χ3v) is 5.28. The number of hydrogen-bond acceptors (Lipinski definition) is 2. The molecule has 2 N–H and O–H groups in total. The molecule has 0 fully saturated rings. The van der Waals surface area contributed by atoms with Crippen LogP contribution in [0, 0.1) is 0 Å². The van der Waals surface area contributed by atoms with Crippen LogP contribution in [0.1, 0.15) is 59.7 Å². The Bertz CT molecular complexity index is 719. The molecule has 1 heterocycles. The predicted molar refractivity (Wildman–Crippen MR) is 89.2 cm³/mol. The van der Waals surface area contributed by atoms with E-state index in [-0.39, 0.29) is 5.91 Å². The van der Waals surface area contributed by atoms with Gasteiger partial charge in [0.1, 0.15) is 0 Å². The van der Waals surface area contributed by atoms with E-state index in [0.29, 0.717) is 18.9 Å². The Morgan fingerprint density at radius 1 is 1.22 bits per heavy atom. The Labute approximate surface area is 136 Å². The molecule has 1 amide bonds. The van der Waals surface area contributed by atoms with E-state index in [9.17, 15) is 4.79 Å². The topological polar surface area (TPSA) is 57.8 Å². The van der Waals surface area contributed by atoms with Gasteiger partial charge in [-0.25, -0.2) is 0 Å². The smallest absolute Gasteiger partial charge is 0.220 e. The van der Waals surface area contributed by atoms with Gasteiger partial charge in [-0.15, -0.1) is 0 Å². The number of nitrogens with zero attached hydrogens (tertiary/aromatic N) is 1. The van der Waals surface area contributed by atoms with Gasteiger partial charge < -0.3 is 5.32 Å². The van der Waals surface area contributed by atoms with Crippen LogP contribution in [0.2, 0.25) is 0 Å². The number of aryl methyl sites for hydroxylation is 2. The molecule has 4 rings (SSSR count). The molecule has 1 aromatic heterocycles. The summed E-state index contributed by atoms with van der Waals surface area (Å²) in [6.45, 7) is 0.555. The average molecular weight is 309 g/mol. The Balaban J connectivity index is 1.35. The number of carbonyl (C=O) groups is 1. The Morgan fingerprint density at radius 3 is 3.04 bits per heavy atom. The van der Waals surface area contributed by atoms with Gasteiger partial charge >= 0.3 is 0 Å². The Morgan fingerprint density at radius 2 is 2.09 bits per heavy atom. The van der Waals surface area contributed by atoms with E-state index < -0.39 is 0 Å². The maximum absolute atomic E-state index is 12.3. The largest absolute Gasteiger partial charge is 0.350 e. The van der Waals surface area contributed by atoms with Crippen molar-refractivity contribution in [3.63, 3.8) is 0 Å². The van der Waals surface area contributed by atoms with Crippen molar-refractivity contribution < 1.29 is 4.79 Å². The van der Waals surface area contributed by atoms with Crippen molar-refractivity contribution in [3.8, 4) is 0 Å². The fourth-order valence-electron chi connectivity index (χ4n) is 4.03. The summed E-state index contributed by atoms with van der Waals surface area (Å²) in [6.07, 6.45) is 7.42. The second-order valence-corrected chi connectivity index (χ2v) is 6.75. The standard InChI is InChI=1S/C19H23N3O/c23-19(11-14-10-9-13-5-1-2-6-15(13)14)20-12-18-16-7-3-4-8-17(16)21-22-18/h1-2,5-6,14H,3-4,7-12H2,(H,20,23)(H,21,22). The molecule has 1 unspecified atom stereocenters. The van der Waals surface area contributed by atoms with E-state index in [0.717, 1.165) is 31.4 Å². The molecule has 4 nitrogen and oxygen atoms in total. The lowest BCUT2D eigenvalue weighted by atomic mass is 9.95. The van der Waals surface area contributed by atoms with Gasteiger partial charge in [-0.2, -0.15) is 5.10 Å². The molecule has 0 saturated heterocycles. The monoisotopic (exact) mass is 309 g/mol. The first-order valence-corrected chi connectivity index (χ1v) is 8.71. The van der Waals surface area contributed by atoms with Gasteiger partial charge in [0.15, 0.2) is 0 Å². The first-order chi connectivity index (χ1) is 11.3. The van der Waals surface area contributed by atoms with Crippen molar-refractivity contribution >= 4 is 5.91 Å². The highest BCUT2D eigenvalue weighted by Gasteiger charge is 2.24. The normalized spacial score (nSPS) is 19.2. The van der Waals surface area contributed by atoms with Crippen LogP contribution in [0.25, 0.3) is 0 Å². The maximum Gasteiger partial charge on any atom is 0.220 e. The summed E-state index contributed by atoms with van der Waals surface area (Å²) in [6, 6.07) is 8.51. The van der Waals surface area contributed by atoms with Gasteiger partial charge in [0.25, 0.3) is 0 Å². The number of carbonyl (C=O) groups excluding carboxylic acids is 1. The molecule has 4 heteroatoms. The third kappa shape index (κ3) is 2.90. The molecule has 0 radical (unpaired) electrons. The summed E-state index contributed by atoms with van der Waals surface area (Å²) >= 11 is 0. The predicted octanol–water partition coefficient (Wildman–Crippen LogP) is 3.02. The molecular formula is C19H23N3O. The van der Waals surface area contributed by atoms with Crippen LogP contribution < -0.4 is 5.32 Å². The molecule has 23 heavy (non-hydrogen) atoms. The van der Waals surface area contributed by atoms with Gasteiger partial charge in [-0.3, -0.25) is 9.89 Å². The van der Waals surface area contributed by atoms with E-state index in [2.05, 4.69) is 39.8 Å². The molecule has 0 spiro atoms. The summed E-state index contributed by atoms with van der Waals surface area (Å²) in [5.41, 5.74) is 6.40. The molecule has 120 valence electrons. The van der Waals surface area contributed by atoms with E-state index >= 15 is 0 Å². The number of H-pyrrole nitrogens is 1. The van der Waals surface area contributed by atoms with Crippen LogP contribution in [-0.2, 0) is 30.6 Å². The van der Waals surface area contributed by atoms with Crippen LogP contribution in [0.15, 0.2) is 24.3 Å². The van der Waals surface area contributed by atoms with Crippen LogP contribution >= 0.6 is 0 Å². The Hall–Kier alpha value is -2.10. The first kappa shape index (κ1) is 14.5. The Kier molecular flexibility index (Phi) is 3.90. The van der Waals surface area contributed by atoms with Crippen molar-refractivity contribution in [2.24, 2.45) is 0 Å². The van der Waals surface area contributed by atoms with Crippen LogP contribution in [0.5, 0.6) is 0 Å². The number of aromatic amines is 1. The van der Waals surface area contributed by atoms with E-state index in [1.54, 1.807) is 0 Å². The van der Waals surface area contributed by atoms with Crippen molar-refractivity contribution in [2.75, 3.05) is 0 Å². The van der Waals surface area contributed by atoms with Crippen molar-refractivity contribution in [1.29, 1.82) is 0 Å².